The Morgan fingerprint density at radius 2 is 1.78 bits per heavy atom. The Bertz CT molecular complexity index is 681. The SMILES string of the molecule is O=C(OCc1ccccc1CN1CCCC1)c1cccc(Br)c1. The molecule has 0 bridgehead atoms. The van der Waals surface area contributed by atoms with Crippen LogP contribution >= 0.6 is 15.9 Å². The molecule has 23 heavy (non-hydrogen) atoms. The number of hydrogen-bond donors (Lipinski definition) is 0. The Morgan fingerprint density at radius 3 is 2.52 bits per heavy atom. The van der Waals surface area contributed by atoms with Crippen molar-refractivity contribution in [2.75, 3.05) is 13.1 Å². The summed E-state index contributed by atoms with van der Waals surface area (Å²) in [4.78, 5) is 14.6. The maximum atomic E-state index is 12.2. The Hall–Kier alpha value is -1.65. The number of halogens is 1. The van der Waals surface area contributed by atoms with Crippen LogP contribution in [0, 0.1) is 0 Å². The maximum absolute atomic E-state index is 12.2. The van der Waals surface area contributed by atoms with E-state index in [0.717, 1.165) is 29.7 Å². The molecule has 1 fully saturated rings. The number of carbonyl (C=O) groups is 1. The maximum Gasteiger partial charge on any atom is 0.338 e. The van der Waals surface area contributed by atoms with E-state index in [1.54, 1.807) is 12.1 Å². The van der Waals surface area contributed by atoms with E-state index in [-0.39, 0.29) is 5.97 Å². The number of likely N-dealkylation sites (tertiary alicyclic amines) is 1. The van der Waals surface area contributed by atoms with E-state index in [0.29, 0.717) is 12.2 Å². The summed E-state index contributed by atoms with van der Waals surface area (Å²) in [5.41, 5.74) is 2.90. The smallest absolute Gasteiger partial charge is 0.338 e. The van der Waals surface area contributed by atoms with Crippen LogP contribution in [0.25, 0.3) is 0 Å². The van der Waals surface area contributed by atoms with Crippen molar-refractivity contribution in [3.05, 3.63) is 69.7 Å². The van der Waals surface area contributed by atoms with Crippen molar-refractivity contribution in [2.45, 2.75) is 26.0 Å². The van der Waals surface area contributed by atoms with E-state index in [2.05, 4.69) is 26.9 Å². The lowest BCUT2D eigenvalue weighted by Crippen LogP contribution is -2.19. The minimum absolute atomic E-state index is 0.290. The van der Waals surface area contributed by atoms with Crippen LogP contribution in [0.2, 0.25) is 0 Å². The molecule has 2 aromatic rings. The van der Waals surface area contributed by atoms with E-state index in [1.165, 1.54) is 18.4 Å². The zero-order valence-electron chi connectivity index (χ0n) is 13.0. The second kappa shape index (κ2) is 7.75. The molecule has 0 saturated carbocycles. The number of nitrogens with zero attached hydrogens (tertiary/aromatic N) is 1. The summed E-state index contributed by atoms with van der Waals surface area (Å²) in [5.74, 6) is -0.290. The van der Waals surface area contributed by atoms with Crippen molar-refractivity contribution < 1.29 is 9.53 Å². The van der Waals surface area contributed by atoms with Crippen LogP contribution in [0.3, 0.4) is 0 Å². The lowest BCUT2D eigenvalue weighted by molar-refractivity contribution is 0.0471. The van der Waals surface area contributed by atoms with E-state index >= 15 is 0 Å². The summed E-state index contributed by atoms with van der Waals surface area (Å²) < 4.78 is 6.37. The highest BCUT2D eigenvalue weighted by Crippen LogP contribution is 2.18. The number of carbonyl (C=O) groups excluding carboxylic acids is 1. The predicted molar refractivity (Wildman–Crippen MR) is 94.2 cm³/mol. The number of esters is 1. The van der Waals surface area contributed by atoms with Gasteiger partial charge in [-0.1, -0.05) is 46.3 Å². The second-order valence-corrected chi connectivity index (χ2v) is 6.75. The fourth-order valence-electron chi connectivity index (χ4n) is 2.88. The van der Waals surface area contributed by atoms with Crippen molar-refractivity contribution in [3.8, 4) is 0 Å². The van der Waals surface area contributed by atoms with E-state index in [1.807, 2.05) is 30.3 Å². The van der Waals surface area contributed by atoms with Gasteiger partial charge in [0.15, 0.2) is 0 Å². The third-order valence-electron chi connectivity index (χ3n) is 4.13. The van der Waals surface area contributed by atoms with Gasteiger partial charge in [-0.3, -0.25) is 4.90 Å². The summed E-state index contributed by atoms with van der Waals surface area (Å²) in [6.45, 7) is 3.57. The lowest BCUT2D eigenvalue weighted by Gasteiger charge is -2.17. The van der Waals surface area contributed by atoms with Crippen LogP contribution in [0.5, 0.6) is 0 Å². The van der Waals surface area contributed by atoms with Crippen molar-refractivity contribution in [1.29, 1.82) is 0 Å². The molecule has 0 aromatic heterocycles. The van der Waals surface area contributed by atoms with Gasteiger partial charge >= 0.3 is 5.97 Å². The van der Waals surface area contributed by atoms with Gasteiger partial charge < -0.3 is 4.74 Å². The molecule has 0 spiro atoms. The van der Waals surface area contributed by atoms with Crippen LogP contribution in [0.1, 0.15) is 34.3 Å². The largest absolute Gasteiger partial charge is 0.457 e. The van der Waals surface area contributed by atoms with Crippen LogP contribution in [0.15, 0.2) is 53.0 Å². The Balaban J connectivity index is 1.64. The fourth-order valence-corrected chi connectivity index (χ4v) is 3.28. The van der Waals surface area contributed by atoms with Gasteiger partial charge in [0.25, 0.3) is 0 Å². The average Bonchev–Trinajstić information content (AvgIpc) is 3.07. The Morgan fingerprint density at radius 1 is 1.04 bits per heavy atom. The average molecular weight is 374 g/mol. The van der Waals surface area contributed by atoms with Crippen LogP contribution in [0.4, 0.5) is 0 Å². The second-order valence-electron chi connectivity index (χ2n) is 5.84. The number of rotatable bonds is 5. The van der Waals surface area contributed by atoms with Gasteiger partial charge in [0.1, 0.15) is 6.61 Å². The van der Waals surface area contributed by atoms with Crippen molar-refractivity contribution in [3.63, 3.8) is 0 Å². The van der Waals surface area contributed by atoms with Crippen LogP contribution < -0.4 is 0 Å². The third-order valence-corrected chi connectivity index (χ3v) is 4.62. The molecule has 0 amide bonds. The van der Waals surface area contributed by atoms with Gasteiger partial charge in [-0.15, -0.1) is 0 Å². The molecule has 1 aliphatic rings. The molecule has 0 aliphatic carbocycles. The molecule has 0 N–H and O–H groups in total. The molecular weight excluding hydrogens is 354 g/mol. The van der Waals surface area contributed by atoms with E-state index in [4.69, 9.17) is 4.74 Å². The third kappa shape index (κ3) is 4.43. The summed E-state index contributed by atoms with van der Waals surface area (Å²) in [6, 6.07) is 15.5. The van der Waals surface area contributed by atoms with Gasteiger partial charge in [-0.2, -0.15) is 0 Å². The highest BCUT2D eigenvalue weighted by atomic mass is 79.9. The normalized spacial score (nSPS) is 14.8. The van der Waals surface area contributed by atoms with Gasteiger partial charge in [-0.05, 0) is 55.3 Å². The summed E-state index contributed by atoms with van der Waals surface area (Å²) in [7, 11) is 0. The summed E-state index contributed by atoms with van der Waals surface area (Å²) >= 11 is 3.37. The first kappa shape index (κ1) is 16.2. The van der Waals surface area contributed by atoms with E-state index < -0.39 is 0 Å². The van der Waals surface area contributed by atoms with Crippen LogP contribution in [-0.2, 0) is 17.9 Å². The van der Waals surface area contributed by atoms with Crippen molar-refractivity contribution in [1.82, 2.24) is 4.90 Å². The summed E-state index contributed by atoms with van der Waals surface area (Å²) in [6.07, 6.45) is 2.56. The van der Waals surface area contributed by atoms with Gasteiger partial charge in [-0.25, -0.2) is 4.79 Å². The monoisotopic (exact) mass is 373 g/mol. The molecule has 3 rings (SSSR count). The first-order valence-corrected chi connectivity index (χ1v) is 8.73. The standard InChI is InChI=1S/C19H20BrNO2/c20-18-9-5-8-15(12-18)19(22)23-14-17-7-2-1-6-16(17)13-21-10-3-4-11-21/h1-2,5-9,12H,3-4,10-11,13-14H2. The molecule has 0 unspecified atom stereocenters. The zero-order chi connectivity index (χ0) is 16.1. The molecule has 2 aromatic carbocycles. The molecule has 1 aliphatic heterocycles. The molecule has 4 heteroatoms. The molecule has 120 valence electrons. The van der Waals surface area contributed by atoms with Crippen molar-refractivity contribution in [2.24, 2.45) is 0 Å². The molecule has 1 saturated heterocycles. The molecular formula is C19H20BrNO2. The predicted octanol–water partition coefficient (Wildman–Crippen LogP) is 4.40. The molecule has 0 atom stereocenters. The van der Waals surface area contributed by atoms with Crippen LogP contribution in [-0.4, -0.2) is 24.0 Å². The highest BCUT2D eigenvalue weighted by Gasteiger charge is 2.14. The zero-order valence-corrected chi connectivity index (χ0v) is 14.6. The summed E-state index contributed by atoms with van der Waals surface area (Å²) in [5, 5.41) is 0. The van der Waals surface area contributed by atoms with E-state index in [9.17, 15) is 4.79 Å². The van der Waals surface area contributed by atoms with Gasteiger partial charge in [0, 0.05) is 11.0 Å². The van der Waals surface area contributed by atoms with Crippen molar-refractivity contribution >= 4 is 21.9 Å². The number of benzene rings is 2. The highest BCUT2D eigenvalue weighted by molar-refractivity contribution is 9.10. The van der Waals surface area contributed by atoms with Gasteiger partial charge in [0.05, 0.1) is 5.56 Å². The molecule has 0 radical (unpaired) electrons. The molecule has 1 heterocycles. The topological polar surface area (TPSA) is 29.5 Å². The minimum atomic E-state index is -0.290. The minimum Gasteiger partial charge on any atom is -0.457 e. The quantitative estimate of drug-likeness (QED) is 0.727. The molecule has 3 nitrogen and oxygen atoms in total. The number of ether oxygens (including phenoxy) is 1. The first-order chi connectivity index (χ1) is 11.2. The lowest BCUT2D eigenvalue weighted by atomic mass is 10.1. The number of hydrogen-bond acceptors (Lipinski definition) is 3. The Labute approximate surface area is 145 Å². The Kier molecular flexibility index (Phi) is 5.47. The fraction of sp³-hybridized carbons (Fsp3) is 0.316. The first-order valence-electron chi connectivity index (χ1n) is 7.94. The van der Waals surface area contributed by atoms with Gasteiger partial charge in [0.2, 0.25) is 0 Å².